The molecular formula is C13H15F7O4. The molecule has 0 aliphatic heterocycles. The standard InChI is InChI=1S/C13H15F7O4/c1-9(2,3)10(4,24-8(23)6-5-7(21)22)11(14,15)12(16,17)13(18,19)20/h5-6H,1-4H3,(H,21,22)/b6-5+. The molecule has 1 unspecified atom stereocenters. The summed E-state index contributed by atoms with van der Waals surface area (Å²) in [5.74, 6) is -15.8. The third-order valence-corrected chi connectivity index (χ3v) is 3.45. The van der Waals surface area contributed by atoms with Crippen LogP contribution >= 0.6 is 0 Å². The fourth-order valence-electron chi connectivity index (χ4n) is 1.54. The smallest absolute Gasteiger partial charge is 0.460 e. The number of halogens is 7. The summed E-state index contributed by atoms with van der Waals surface area (Å²) in [6.45, 7) is 2.81. The topological polar surface area (TPSA) is 63.6 Å². The van der Waals surface area contributed by atoms with E-state index in [1.54, 1.807) is 0 Å². The van der Waals surface area contributed by atoms with Gasteiger partial charge in [0.25, 0.3) is 0 Å². The third-order valence-electron chi connectivity index (χ3n) is 3.45. The zero-order chi connectivity index (χ0) is 19.8. The highest BCUT2D eigenvalue weighted by atomic mass is 19.4. The second kappa shape index (κ2) is 6.25. The molecule has 140 valence electrons. The van der Waals surface area contributed by atoms with Crippen LogP contribution in [0.5, 0.6) is 0 Å². The predicted octanol–water partition coefficient (Wildman–Crippen LogP) is 3.81. The van der Waals surface area contributed by atoms with E-state index in [0.29, 0.717) is 0 Å². The first-order chi connectivity index (χ1) is 10.3. The van der Waals surface area contributed by atoms with Gasteiger partial charge in [0.2, 0.25) is 0 Å². The summed E-state index contributed by atoms with van der Waals surface area (Å²) in [6.07, 6.45) is -6.33. The van der Waals surface area contributed by atoms with Gasteiger partial charge in [0, 0.05) is 17.6 Å². The molecule has 24 heavy (non-hydrogen) atoms. The molecular weight excluding hydrogens is 353 g/mol. The van der Waals surface area contributed by atoms with Crippen molar-refractivity contribution in [3.05, 3.63) is 12.2 Å². The van der Waals surface area contributed by atoms with Gasteiger partial charge in [-0.25, -0.2) is 9.59 Å². The van der Waals surface area contributed by atoms with Crippen LogP contribution in [-0.2, 0) is 14.3 Å². The number of carboxylic acid groups (broad SMARTS) is 1. The average Bonchev–Trinajstić information content (AvgIpc) is 2.32. The Hall–Kier alpha value is -1.81. The van der Waals surface area contributed by atoms with Crippen molar-refractivity contribution in [1.29, 1.82) is 0 Å². The molecule has 0 saturated heterocycles. The van der Waals surface area contributed by atoms with Crippen molar-refractivity contribution < 1.29 is 50.2 Å². The Balaban J connectivity index is 6.12. The third kappa shape index (κ3) is 3.81. The molecule has 0 amide bonds. The van der Waals surface area contributed by atoms with Gasteiger partial charge in [-0.2, -0.15) is 30.7 Å². The average molecular weight is 368 g/mol. The largest absolute Gasteiger partial charge is 0.478 e. The van der Waals surface area contributed by atoms with E-state index in [1.165, 1.54) is 0 Å². The molecule has 0 aliphatic rings. The highest BCUT2D eigenvalue weighted by Crippen LogP contribution is 2.56. The SMILES string of the molecule is CC(C)(C)C(C)(OC(=O)/C=C/C(=O)O)C(F)(F)C(F)(F)C(F)(F)F. The van der Waals surface area contributed by atoms with Gasteiger partial charge in [-0.05, 0) is 6.92 Å². The summed E-state index contributed by atoms with van der Waals surface area (Å²) in [5.41, 5.74) is -5.68. The highest BCUT2D eigenvalue weighted by Gasteiger charge is 2.81. The number of alkyl halides is 7. The van der Waals surface area contributed by atoms with Crippen molar-refractivity contribution in [3.63, 3.8) is 0 Å². The molecule has 0 aromatic rings. The molecule has 0 radical (unpaired) electrons. The Morgan fingerprint density at radius 1 is 0.833 bits per heavy atom. The summed E-state index contributed by atoms with van der Waals surface area (Å²) in [6, 6.07) is 0. The molecule has 0 heterocycles. The minimum atomic E-state index is -6.60. The van der Waals surface area contributed by atoms with Crippen LogP contribution < -0.4 is 0 Å². The molecule has 0 bridgehead atoms. The number of aliphatic carboxylic acids is 1. The van der Waals surface area contributed by atoms with Gasteiger partial charge in [0.15, 0.2) is 5.60 Å². The Morgan fingerprint density at radius 2 is 1.25 bits per heavy atom. The first kappa shape index (κ1) is 22.2. The van der Waals surface area contributed by atoms with E-state index in [2.05, 4.69) is 4.74 Å². The van der Waals surface area contributed by atoms with Crippen LogP contribution in [0.2, 0.25) is 0 Å². The number of hydrogen-bond acceptors (Lipinski definition) is 3. The van der Waals surface area contributed by atoms with Crippen molar-refractivity contribution in [2.24, 2.45) is 5.41 Å². The lowest BCUT2D eigenvalue weighted by molar-refractivity contribution is -0.396. The van der Waals surface area contributed by atoms with Gasteiger partial charge in [-0.1, -0.05) is 20.8 Å². The number of carbonyl (C=O) groups is 2. The first-order valence-electron chi connectivity index (χ1n) is 6.27. The summed E-state index contributed by atoms with van der Waals surface area (Å²) in [4.78, 5) is 21.6. The Morgan fingerprint density at radius 3 is 1.54 bits per heavy atom. The molecule has 0 rings (SSSR count). The van der Waals surface area contributed by atoms with Gasteiger partial charge in [0.05, 0.1) is 0 Å². The van der Waals surface area contributed by atoms with Crippen LogP contribution in [0, 0.1) is 5.41 Å². The quantitative estimate of drug-likeness (QED) is 0.455. The summed E-state index contributed by atoms with van der Waals surface area (Å²) >= 11 is 0. The van der Waals surface area contributed by atoms with Crippen LogP contribution in [0.1, 0.15) is 27.7 Å². The maximum Gasteiger partial charge on any atom is 0.460 e. The molecule has 11 heteroatoms. The van der Waals surface area contributed by atoms with E-state index in [-0.39, 0.29) is 19.1 Å². The van der Waals surface area contributed by atoms with Gasteiger partial charge >= 0.3 is 30.0 Å². The number of carboxylic acids is 1. The Kier molecular flexibility index (Phi) is 5.77. The molecule has 0 saturated carbocycles. The van der Waals surface area contributed by atoms with Gasteiger partial charge in [-0.15, -0.1) is 0 Å². The van der Waals surface area contributed by atoms with Gasteiger partial charge < -0.3 is 9.84 Å². The predicted molar refractivity (Wildman–Crippen MR) is 66.7 cm³/mol. The number of carbonyl (C=O) groups excluding carboxylic acids is 1. The van der Waals surface area contributed by atoms with E-state index in [1.807, 2.05) is 0 Å². The number of hydrogen-bond donors (Lipinski definition) is 1. The van der Waals surface area contributed by atoms with Crippen molar-refractivity contribution >= 4 is 11.9 Å². The molecule has 0 aromatic heterocycles. The van der Waals surface area contributed by atoms with E-state index >= 15 is 0 Å². The van der Waals surface area contributed by atoms with Gasteiger partial charge in [-0.3, -0.25) is 0 Å². The zero-order valence-corrected chi connectivity index (χ0v) is 13.0. The lowest BCUT2D eigenvalue weighted by atomic mass is 9.71. The normalized spacial score (nSPS) is 16.8. The number of ether oxygens (including phenoxy) is 1. The summed E-state index contributed by atoms with van der Waals surface area (Å²) < 4.78 is 96.2. The minimum Gasteiger partial charge on any atom is -0.478 e. The Labute approximate surface area is 132 Å². The lowest BCUT2D eigenvalue weighted by Gasteiger charge is -2.47. The second-order valence-corrected chi connectivity index (χ2v) is 6.02. The molecule has 0 fully saturated rings. The van der Waals surface area contributed by atoms with Crippen molar-refractivity contribution in [2.75, 3.05) is 0 Å². The summed E-state index contributed by atoms with van der Waals surface area (Å²) in [7, 11) is 0. The van der Waals surface area contributed by atoms with Crippen LogP contribution in [0.3, 0.4) is 0 Å². The number of esters is 1. The molecule has 1 N–H and O–H groups in total. The highest BCUT2D eigenvalue weighted by molar-refractivity contribution is 5.91. The zero-order valence-electron chi connectivity index (χ0n) is 13.0. The molecule has 0 spiro atoms. The molecule has 0 aromatic carbocycles. The van der Waals surface area contributed by atoms with Crippen LogP contribution in [0.15, 0.2) is 12.2 Å². The fourth-order valence-corrected chi connectivity index (χ4v) is 1.54. The maximum atomic E-state index is 14.1. The Bertz CT molecular complexity index is 531. The van der Waals surface area contributed by atoms with Crippen molar-refractivity contribution in [3.8, 4) is 0 Å². The molecule has 0 aliphatic carbocycles. The van der Waals surface area contributed by atoms with Crippen LogP contribution in [0.25, 0.3) is 0 Å². The maximum absolute atomic E-state index is 14.1. The van der Waals surface area contributed by atoms with E-state index in [0.717, 1.165) is 20.8 Å². The van der Waals surface area contributed by atoms with Crippen molar-refractivity contribution in [1.82, 2.24) is 0 Å². The molecule has 1 atom stereocenters. The summed E-state index contributed by atoms with van der Waals surface area (Å²) in [5, 5.41) is 8.30. The number of rotatable bonds is 5. The van der Waals surface area contributed by atoms with E-state index in [9.17, 15) is 40.3 Å². The minimum absolute atomic E-state index is 0.119. The van der Waals surface area contributed by atoms with Crippen molar-refractivity contribution in [2.45, 2.75) is 51.3 Å². The van der Waals surface area contributed by atoms with Crippen LogP contribution in [0.4, 0.5) is 30.7 Å². The lowest BCUT2D eigenvalue weighted by Crippen LogP contribution is -2.68. The first-order valence-corrected chi connectivity index (χ1v) is 6.27. The monoisotopic (exact) mass is 368 g/mol. The second-order valence-electron chi connectivity index (χ2n) is 6.02. The molecule has 4 nitrogen and oxygen atoms in total. The van der Waals surface area contributed by atoms with Gasteiger partial charge in [0.1, 0.15) is 0 Å². The van der Waals surface area contributed by atoms with E-state index in [4.69, 9.17) is 5.11 Å². The fraction of sp³-hybridized carbons (Fsp3) is 0.692. The van der Waals surface area contributed by atoms with E-state index < -0.39 is 41.0 Å². The van der Waals surface area contributed by atoms with Crippen LogP contribution in [-0.4, -0.2) is 40.7 Å².